The third-order valence-electron chi connectivity index (χ3n) is 6.05. The lowest BCUT2D eigenvalue weighted by Gasteiger charge is -2.17. The summed E-state index contributed by atoms with van der Waals surface area (Å²) in [6.45, 7) is 6.11. The first-order valence-electron chi connectivity index (χ1n) is 11.7. The van der Waals surface area contributed by atoms with E-state index in [-0.39, 0.29) is 12.6 Å². The van der Waals surface area contributed by atoms with E-state index in [0.29, 0.717) is 5.92 Å². The zero-order chi connectivity index (χ0) is 20.6. The molecule has 0 saturated carbocycles. The van der Waals surface area contributed by atoms with Crippen molar-refractivity contribution in [3.63, 3.8) is 0 Å². The van der Waals surface area contributed by atoms with E-state index >= 15 is 0 Å². The molecule has 0 heterocycles. The molecule has 0 radical (unpaired) electrons. The van der Waals surface area contributed by atoms with Gasteiger partial charge in [0.2, 0.25) is 0 Å². The summed E-state index contributed by atoms with van der Waals surface area (Å²) in [5.41, 5.74) is 0. The van der Waals surface area contributed by atoms with E-state index in [9.17, 15) is 9.90 Å². The van der Waals surface area contributed by atoms with E-state index in [1.165, 1.54) is 64.7 Å². The van der Waals surface area contributed by atoms with Crippen molar-refractivity contribution in [1.29, 1.82) is 0 Å². The lowest BCUT2D eigenvalue weighted by Crippen LogP contribution is -2.17. The van der Waals surface area contributed by atoms with E-state index in [4.69, 9.17) is 4.74 Å². The van der Waals surface area contributed by atoms with Crippen LogP contribution in [0.2, 0.25) is 0 Å². The topological polar surface area (TPSA) is 46.5 Å². The molecule has 0 bridgehead atoms. The number of esters is 1. The maximum Gasteiger partial charge on any atom is 0.302 e. The first kappa shape index (κ1) is 24.9. The van der Waals surface area contributed by atoms with Crippen molar-refractivity contribution >= 4 is 5.97 Å². The number of hydrogen-bond donors (Lipinski definition) is 1. The maximum absolute atomic E-state index is 10.7. The summed E-state index contributed by atoms with van der Waals surface area (Å²) in [4.78, 5) is 10.7. The molecule has 0 amide bonds. The molecule has 1 unspecified atom stereocenters. The van der Waals surface area contributed by atoms with Gasteiger partial charge in [-0.25, -0.2) is 0 Å². The molecule has 0 spiro atoms. The molecule has 0 aromatic rings. The summed E-state index contributed by atoms with van der Waals surface area (Å²) < 4.78 is 4.83. The van der Waals surface area contributed by atoms with Crippen molar-refractivity contribution in [2.24, 2.45) is 17.8 Å². The van der Waals surface area contributed by atoms with E-state index in [1.54, 1.807) is 0 Å². The van der Waals surface area contributed by atoms with Gasteiger partial charge in [0.1, 0.15) is 6.61 Å². The summed E-state index contributed by atoms with van der Waals surface area (Å²) >= 11 is 0. The third kappa shape index (κ3) is 11.7. The summed E-state index contributed by atoms with van der Waals surface area (Å²) in [5, 5.41) is 9.76. The fraction of sp³-hybridized carbons (Fsp3) is 0.800. The Labute approximate surface area is 173 Å². The van der Waals surface area contributed by atoms with Crippen molar-refractivity contribution in [3.8, 4) is 0 Å². The Kier molecular flexibility index (Phi) is 14.1. The predicted molar refractivity (Wildman–Crippen MR) is 118 cm³/mol. The minimum absolute atomic E-state index is 0.133. The van der Waals surface area contributed by atoms with Gasteiger partial charge in [-0.1, -0.05) is 89.5 Å². The minimum atomic E-state index is -0.512. The first-order chi connectivity index (χ1) is 13.6. The average molecular weight is 393 g/mol. The van der Waals surface area contributed by atoms with Crippen LogP contribution in [0, 0.1) is 17.8 Å². The van der Waals surface area contributed by atoms with Gasteiger partial charge in [0, 0.05) is 6.92 Å². The standard InChI is InChI=1S/C25H44O3/c1-4-6-13-22(5-2)14-11-16-24-18-12-17-23(24)15-9-7-8-10-19-25(27)20-28-21(3)26/h11-12,16,18,22-25,27H,4-10,13-15,17,19-20H2,1-3H3/t22-,23-,24-,25?/m0/s1. The summed E-state index contributed by atoms with van der Waals surface area (Å²) in [6, 6.07) is 0. The molecule has 28 heavy (non-hydrogen) atoms. The smallest absolute Gasteiger partial charge is 0.302 e. The fourth-order valence-electron chi connectivity index (χ4n) is 4.10. The molecule has 1 aliphatic carbocycles. The molecule has 0 aromatic heterocycles. The third-order valence-corrected chi connectivity index (χ3v) is 6.05. The molecular weight excluding hydrogens is 348 g/mol. The normalized spacial score (nSPS) is 21.3. The van der Waals surface area contributed by atoms with Crippen LogP contribution in [0.5, 0.6) is 0 Å². The van der Waals surface area contributed by atoms with Crippen molar-refractivity contribution in [2.75, 3.05) is 6.61 Å². The van der Waals surface area contributed by atoms with Crippen LogP contribution in [0.15, 0.2) is 24.3 Å². The van der Waals surface area contributed by atoms with Crippen molar-refractivity contribution in [1.82, 2.24) is 0 Å². The van der Waals surface area contributed by atoms with Crippen LogP contribution in [0.25, 0.3) is 0 Å². The van der Waals surface area contributed by atoms with Gasteiger partial charge in [-0.3, -0.25) is 4.79 Å². The summed E-state index contributed by atoms with van der Waals surface area (Å²) in [5.74, 6) is 1.95. The summed E-state index contributed by atoms with van der Waals surface area (Å²) in [6.07, 6.45) is 23.6. The Hall–Kier alpha value is -1.09. The molecule has 0 saturated heterocycles. The molecule has 1 aliphatic rings. The predicted octanol–water partition coefficient (Wildman–Crippen LogP) is 6.61. The zero-order valence-corrected chi connectivity index (χ0v) is 18.6. The van der Waals surface area contributed by atoms with Crippen LogP contribution in [0.3, 0.4) is 0 Å². The van der Waals surface area contributed by atoms with Crippen LogP contribution in [0.1, 0.15) is 97.8 Å². The molecule has 4 atom stereocenters. The average Bonchev–Trinajstić information content (AvgIpc) is 3.12. The highest BCUT2D eigenvalue weighted by atomic mass is 16.5. The van der Waals surface area contributed by atoms with Crippen LogP contribution in [0.4, 0.5) is 0 Å². The van der Waals surface area contributed by atoms with Crippen LogP contribution in [-0.2, 0) is 9.53 Å². The number of aliphatic hydroxyl groups excluding tert-OH is 1. The van der Waals surface area contributed by atoms with Crippen LogP contribution in [-0.4, -0.2) is 23.8 Å². The van der Waals surface area contributed by atoms with Gasteiger partial charge >= 0.3 is 5.97 Å². The highest BCUT2D eigenvalue weighted by Gasteiger charge is 2.19. The van der Waals surface area contributed by atoms with Crippen LogP contribution < -0.4 is 0 Å². The Balaban J connectivity index is 2.14. The van der Waals surface area contributed by atoms with Gasteiger partial charge in [-0.2, -0.15) is 0 Å². The van der Waals surface area contributed by atoms with Crippen molar-refractivity contribution in [2.45, 2.75) is 104 Å². The second-order valence-electron chi connectivity index (χ2n) is 8.53. The van der Waals surface area contributed by atoms with E-state index in [1.807, 2.05) is 0 Å². The number of rotatable bonds is 16. The molecular formula is C25H44O3. The molecule has 0 fully saturated rings. The Morgan fingerprint density at radius 3 is 2.68 bits per heavy atom. The number of ether oxygens (including phenoxy) is 1. The number of carbonyl (C=O) groups excluding carboxylic acids is 1. The Morgan fingerprint density at radius 1 is 1.18 bits per heavy atom. The zero-order valence-electron chi connectivity index (χ0n) is 18.6. The largest absolute Gasteiger partial charge is 0.463 e. The SMILES string of the molecule is CCCC[C@H](CC)CC=C[C@H]1C=CC[C@@H]1CCCCCCC(O)COC(C)=O. The minimum Gasteiger partial charge on any atom is -0.463 e. The second-order valence-corrected chi connectivity index (χ2v) is 8.53. The van der Waals surface area contributed by atoms with Crippen LogP contribution >= 0.6 is 0 Å². The molecule has 3 heteroatoms. The van der Waals surface area contributed by atoms with E-state index in [0.717, 1.165) is 31.1 Å². The molecule has 0 aliphatic heterocycles. The highest BCUT2D eigenvalue weighted by molar-refractivity contribution is 5.65. The van der Waals surface area contributed by atoms with Crippen molar-refractivity contribution in [3.05, 3.63) is 24.3 Å². The lowest BCUT2D eigenvalue weighted by molar-refractivity contribution is -0.144. The van der Waals surface area contributed by atoms with Gasteiger partial charge in [-0.15, -0.1) is 0 Å². The number of allylic oxidation sites excluding steroid dienone is 4. The van der Waals surface area contributed by atoms with Crippen molar-refractivity contribution < 1.29 is 14.6 Å². The number of aliphatic hydroxyl groups is 1. The number of unbranched alkanes of at least 4 members (excludes halogenated alkanes) is 4. The van der Waals surface area contributed by atoms with Gasteiger partial charge < -0.3 is 9.84 Å². The molecule has 1 rings (SSSR count). The number of carbonyl (C=O) groups is 1. The quantitative estimate of drug-likeness (QED) is 0.183. The van der Waals surface area contributed by atoms with Gasteiger partial charge in [0.05, 0.1) is 6.10 Å². The fourth-order valence-corrected chi connectivity index (χ4v) is 4.10. The maximum atomic E-state index is 10.7. The van der Waals surface area contributed by atoms with Gasteiger partial charge in [0.25, 0.3) is 0 Å². The first-order valence-corrected chi connectivity index (χ1v) is 11.7. The lowest BCUT2D eigenvalue weighted by atomic mass is 9.88. The van der Waals surface area contributed by atoms with E-state index < -0.39 is 6.10 Å². The monoisotopic (exact) mass is 392 g/mol. The Morgan fingerprint density at radius 2 is 1.96 bits per heavy atom. The highest BCUT2D eigenvalue weighted by Crippen LogP contribution is 2.31. The molecule has 1 N–H and O–H groups in total. The molecule has 162 valence electrons. The molecule has 0 aromatic carbocycles. The van der Waals surface area contributed by atoms with E-state index in [2.05, 4.69) is 38.2 Å². The second kappa shape index (κ2) is 15.8. The summed E-state index contributed by atoms with van der Waals surface area (Å²) in [7, 11) is 0. The number of hydrogen-bond acceptors (Lipinski definition) is 3. The van der Waals surface area contributed by atoms with Gasteiger partial charge in [0.15, 0.2) is 0 Å². The Bertz CT molecular complexity index is 455. The van der Waals surface area contributed by atoms with Gasteiger partial charge in [-0.05, 0) is 43.4 Å². The molecule has 3 nitrogen and oxygen atoms in total.